The quantitative estimate of drug-likeness (QED) is 0.715. The Morgan fingerprint density at radius 3 is 3.00 bits per heavy atom. The molecule has 1 atom stereocenters. The number of imidazole rings is 1. The molecule has 9 heteroatoms. The summed E-state index contributed by atoms with van der Waals surface area (Å²) in [7, 11) is 1.95. The Morgan fingerprint density at radius 2 is 2.31 bits per heavy atom. The van der Waals surface area contributed by atoms with E-state index >= 15 is 0 Å². The topological polar surface area (TPSA) is 96.2 Å². The van der Waals surface area contributed by atoms with E-state index in [1.165, 1.54) is 11.5 Å². The first kappa shape index (κ1) is 16.9. The molecule has 136 valence electrons. The van der Waals surface area contributed by atoms with E-state index in [0.29, 0.717) is 18.7 Å². The number of nitrogens with zero attached hydrogens (tertiary/aromatic N) is 5. The largest absolute Gasteiger partial charge is 0.391 e. The van der Waals surface area contributed by atoms with Crippen LogP contribution in [0.15, 0.2) is 18.2 Å². The van der Waals surface area contributed by atoms with Crippen molar-refractivity contribution in [3.8, 4) is 0 Å². The SMILES string of the molecule is Cc1nnsc1CNC(=O)c1ccc2c(c1)nc(N1CC[C@H](O)C1)n2C. The van der Waals surface area contributed by atoms with E-state index in [2.05, 4.69) is 24.8 Å². The Bertz CT molecular complexity index is 965. The monoisotopic (exact) mass is 372 g/mol. The normalized spacial score (nSPS) is 17.2. The molecule has 8 nitrogen and oxygen atoms in total. The summed E-state index contributed by atoms with van der Waals surface area (Å²) in [4.78, 5) is 20.2. The summed E-state index contributed by atoms with van der Waals surface area (Å²) in [6, 6.07) is 5.52. The van der Waals surface area contributed by atoms with Crippen LogP contribution in [0, 0.1) is 6.92 Å². The second kappa shape index (κ2) is 6.65. The summed E-state index contributed by atoms with van der Waals surface area (Å²) in [5.74, 6) is 0.670. The molecule has 0 unspecified atom stereocenters. The summed E-state index contributed by atoms with van der Waals surface area (Å²) in [5.41, 5.74) is 3.14. The number of amides is 1. The lowest BCUT2D eigenvalue weighted by molar-refractivity contribution is 0.0951. The molecule has 1 fully saturated rings. The van der Waals surface area contributed by atoms with Gasteiger partial charge in [0.1, 0.15) is 0 Å². The lowest BCUT2D eigenvalue weighted by Crippen LogP contribution is -2.24. The number of aryl methyl sites for hydroxylation is 2. The first-order valence-corrected chi connectivity index (χ1v) is 9.26. The van der Waals surface area contributed by atoms with Crippen molar-refractivity contribution in [2.45, 2.75) is 26.0 Å². The number of aliphatic hydroxyl groups excluding tert-OH is 1. The molecule has 4 rings (SSSR count). The van der Waals surface area contributed by atoms with Crippen molar-refractivity contribution in [2.75, 3.05) is 18.0 Å². The van der Waals surface area contributed by atoms with Gasteiger partial charge in [-0.25, -0.2) is 4.98 Å². The number of aromatic nitrogens is 4. The summed E-state index contributed by atoms with van der Waals surface area (Å²) in [5, 5.41) is 16.6. The Kier molecular flexibility index (Phi) is 4.33. The van der Waals surface area contributed by atoms with Crippen molar-refractivity contribution in [2.24, 2.45) is 7.05 Å². The predicted octanol–water partition coefficient (Wildman–Crippen LogP) is 1.23. The van der Waals surface area contributed by atoms with Gasteiger partial charge in [-0.15, -0.1) is 5.10 Å². The zero-order valence-corrected chi connectivity index (χ0v) is 15.5. The molecule has 0 spiro atoms. The number of fused-ring (bicyclic) bond motifs is 1. The fraction of sp³-hybridized carbons (Fsp3) is 0.412. The minimum atomic E-state index is -0.305. The van der Waals surface area contributed by atoms with Crippen LogP contribution in [0.2, 0.25) is 0 Å². The minimum Gasteiger partial charge on any atom is -0.391 e. The molecule has 1 aromatic carbocycles. The van der Waals surface area contributed by atoms with Crippen LogP contribution in [0.4, 0.5) is 5.95 Å². The minimum absolute atomic E-state index is 0.150. The van der Waals surface area contributed by atoms with Gasteiger partial charge in [-0.2, -0.15) is 0 Å². The van der Waals surface area contributed by atoms with Crippen LogP contribution >= 0.6 is 11.5 Å². The number of carbonyl (C=O) groups is 1. The van der Waals surface area contributed by atoms with Gasteiger partial charge in [-0.1, -0.05) is 4.49 Å². The lowest BCUT2D eigenvalue weighted by Gasteiger charge is -2.16. The van der Waals surface area contributed by atoms with Crippen molar-refractivity contribution in [1.82, 2.24) is 24.5 Å². The molecule has 1 aliphatic heterocycles. The van der Waals surface area contributed by atoms with Crippen LogP contribution in [-0.4, -0.2) is 49.3 Å². The first-order chi connectivity index (χ1) is 12.5. The molecule has 0 radical (unpaired) electrons. The number of benzene rings is 1. The highest BCUT2D eigenvalue weighted by atomic mass is 32.1. The van der Waals surface area contributed by atoms with Crippen molar-refractivity contribution in [1.29, 1.82) is 0 Å². The highest BCUT2D eigenvalue weighted by molar-refractivity contribution is 7.05. The highest BCUT2D eigenvalue weighted by Crippen LogP contribution is 2.25. The number of carbonyl (C=O) groups excluding carboxylic acids is 1. The molecule has 3 heterocycles. The van der Waals surface area contributed by atoms with Crippen LogP contribution < -0.4 is 10.2 Å². The van der Waals surface area contributed by atoms with Gasteiger partial charge in [0.25, 0.3) is 5.91 Å². The smallest absolute Gasteiger partial charge is 0.251 e. The molecular weight excluding hydrogens is 352 g/mol. The fourth-order valence-corrected chi connectivity index (χ4v) is 3.78. The van der Waals surface area contributed by atoms with Crippen molar-refractivity contribution in [3.05, 3.63) is 34.3 Å². The van der Waals surface area contributed by atoms with E-state index in [4.69, 9.17) is 0 Å². The second-order valence-corrected chi connectivity index (χ2v) is 7.37. The number of hydrogen-bond acceptors (Lipinski definition) is 7. The van der Waals surface area contributed by atoms with E-state index < -0.39 is 0 Å². The zero-order valence-electron chi connectivity index (χ0n) is 14.6. The van der Waals surface area contributed by atoms with E-state index in [0.717, 1.165) is 40.5 Å². The van der Waals surface area contributed by atoms with Gasteiger partial charge in [-0.3, -0.25) is 4.79 Å². The van der Waals surface area contributed by atoms with Crippen molar-refractivity contribution in [3.63, 3.8) is 0 Å². The number of β-amino-alcohol motifs (C(OH)–C–C–N with tert-alkyl or cyclic N) is 1. The standard InChI is InChI=1S/C17H20N6O2S/c1-10-15(26-21-20-10)8-18-16(25)11-3-4-14-13(7-11)19-17(22(14)2)23-6-5-12(24)9-23/h3-4,7,12,24H,5-6,8-9H2,1-2H3,(H,18,25)/t12-/m0/s1. The molecule has 1 saturated heterocycles. The van der Waals surface area contributed by atoms with Crippen molar-refractivity contribution < 1.29 is 9.90 Å². The molecule has 1 amide bonds. The Labute approximate surface area is 154 Å². The van der Waals surface area contributed by atoms with Gasteiger partial charge in [-0.05, 0) is 43.1 Å². The number of aliphatic hydroxyl groups is 1. The van der Waals surface area contributed by atoms with Crippen LogP contribution in [0.5, 0.6) is 0 Å². The second-order valence-electron chi connectivity index (χ2n) is 6.53. The van der Waals surface area contributed by atoms with Gasteiger partial charge in [0.15, 0.2) is 0 Å². The van der Waals surface area contributed by atoms with Crippen LogP contribution in [0.3, 0.4) is 0 Å². The third-order valence-corrected chi connectivity index (χ3v) is 5.54. The zero-order chi connectivity index (χ0) is 18.3. The maximum absolute atomic E-state index is 12.5. The van der Waals surface area contributed by atoms with Gasteiger partial charge < -0.3 is 19.9 Å². The van der Waals surface area contributed by atoms with Crippen molar-refractivity contribution >= 4 is 34.4 Å². The maximum atomic E-state index is 12.5. The third kappa shape index (κ3) is 3.04. The first-order valence-electron chi connectivity index (χ1n) is 8.48. The molecule has 0 saturated carbocycles. The average molecular weight is 372 g/mol. The maximum Gasteiger partial charge on any atom is 0.251 e. The Balaban J connectivity index is 1.55. The van der Waals surface area contributed by atoms with Crippen LogP contribution in [-0.2, 0) is 13.6 Å². The fourth-order valence-electron chi connectivity index (χ4n) is 3.21. The van der Waals surface area contributed by atoms with E-state index in [1.807, 2.05) is 24.6 Å². The average Bonchev–Trinajstić information content (AvgIpc) is 3.32. The van der Waals surface area contributed by atoms with Gasteiger partial charge in [0, 0.05) is 25.7 Å². The van der Waals surface area contributed by atoms with Gasteiger partial charge in [0.05, 0.1) is 34.3 Å². The third-order valence-electron chi connectivity index (χ3n) is 4.72. The molecule has 2 aromatic heterocycles. The summed E-state index contributed by atoms with van der Waals surface area (Å²) in [6.45, 7) is 3.67. The van der Waals surface area contributed by atoms with Gasteiger partial charge in [0.2, 0.25) is 5.95 Å². The Hall–Kier alpha value is -2.52. The van der Waals surface area contributed by atoms with Crippen LogP contribution in [0.25, 0.3) is 11.0 Å². The predicted molar refractivity (Wildman–Crippen MR) is 99.4 cm³/mol. The summed E-state index contributed by atoms with van der Waals surface area (Å²) >= 11 is 1.29. The number of nitrogens with one attached hydrogen (secondary N) is 1. The highest BCUT2D eigenvalue weighted by Gasteiger charge is 2.24. The number of rotatable bonds is 4. The molecular formula is C17H20N6O2S. The van der Waals surface area contributed by atoms with E-state index in [-0.39, 0.29) is 12.0 Å². The molecule has 0 bridgehead atoms. The summed E-state index contributed by atoms with van der Waals surface area (Å²) < 4.78 is 5.88. The molecule has 0 aliphatic carbocycles. The molecule has 2 N–H and O–H groups in total. The summed E-state index contributed by atoms with van der Waals surface area (Å²) in [6.07, 6.45) is 0.448. The molecule has 1 aliphatic rings. The number of hydrogen-bond donors (Lipinski definition) is 2. The Morgan fingerprint density at radius 1 is 1.46 bits per heavy atom. The molecule has 3 aromatic rings. The van der Waals surface area contributed by atoms with E-state index in [9.17, 15) is 9.90 Å². The lowest BCUT2D eigenvalue weighted by atomic mass is 10.2. The molecule has 26 heavy (non-hydrogen) atoms. The van der Waals surface area contributed by atoms with Gasteiger partial charge >= 0.3 is 0 Å². The van der Waals surface area contributed by atoms with Crippen LogP contribution in [0.1, 0.15) is 27.3 Å². The van der Waals surface area contributed by atoms with E-state index in [1.54, 1.807) is 12.1 Å². The number of anilines is 1.